The van der Waals surface area contributed by atoms with Crippen molar-refractivity contribution >= 4 is 34.1 Å². The summed E-state index contributed by atoms with van der Waals surface area (Å²) < 4.78 is 15.0. The molecule has 2 N–H and O–H groups in total. The molecule has 0 radical (unpaired) electrons. The van der Waals surface area contributed by atoms with Gasteiger partial charge in [-0.15, -0.1) is 0 Å². The number of hydrogen-bond acceptors (Lipinski definition) is 4. The van der Waals surface area contributed by atoms with E-state index in [4.69, 9.17) is 0 Å². The Hall–Kier alpha value is -3.55. The van der Waals surface area contributed by atoms with Crippen LogP contribution in [0.5, 0.6) is 0 Å². The molecular weight excluding hydrogens is 351 g/mol. The van der Waals surface area contributed by atoms with Crippen LogP contribution in [0.2, 0.25) is 0 Å². The highest BCUT2D eigenvalue weighted by Gasteiger charge is 2.18. The van der Waals surface area contributed by atoms with E-state index in [1.807, 2.05) is 6.92 Å². The number of rotatable bonds is 4. The van der Waals surface area contributed by atoms with E-state index < -0.39 is 17.2 Å². The largest absolute Gasteiger partial charge is 0.326 e. The Kier molecular flexibility index (Phi) is 4.98. The first-order valence-electron chi connectivity index (χ1n) is 8.28. The fraction of sp³-hybridized carbons (Fsp3) is 0.158. The molecule has 0 bridgehead atoms. The van der Waals surface area contributed by atoms with Gasteiger partial charge in [-0.3, -0.25) is 19.1 Å². The average Bonchev–Trinajstić information content (AvgIpc) is 2.63. The first-order chi connectivity index (χ1) is 12.9. The van der Waals surface area contributed by atoms with Gasteiger partial charge < -0.3 is 10.6 Å². The smallest absolute Gasteiger partial charge is 0.280 e. The summed E-state index contributed by atoms with van der Waals surface area (Å²) >= 11 is 0. The summed E-state index contributed by atoms with van der Waals surface area (Å²) in [6.07, 6.45) is 0. The van der Waals surface area contributed by atoms with Crippen LogP contribution in [-0.4, -0.2) is 21.6 Å². The van der Waals surface area contributed by atoms with Gasteiger partial charge in [-0.05, 0) is 49.4 Å². The third-order valence-corrected chi connectivity index (χ3v) is 3.89. The molecule has 27 heavy (non-hydrogen) atoms. The Labute approximate surface area is 153 Å². The Balaban J connectivity index is 1.95. The summed E-state index contributed by atoms with van der Waals surface area (Å²) in [5.41, 5.74) is 0.508. The minimum absolute atomic E-state index is 0.0954. The number of carbonyl (C=O) groups excluding carboxylic acids is 2. The molecule has 8 heteroatoms. The SMILES string of the molecule is CCn1nc(C(=O)Nc2ccc(NC(C)=O)cc2)c(=O)c2cc(F)ccc21. The van der Waals surface area contributed by atoms with E-state index in [0.717, 1.165) is 6.07 Å². The molecule has 0 fully saturated rings. The number of carbonyl (C=O) groups is 2. The van der Waals surface area contributed by atoms with Crippen LogP contribution in [-0.2, 0) is 11.3 Å². The lowest BCUT2D eigenvalue weighted by molar-refractivity contribution is -0.114. The maximum Gasteiger partial charge on any atom is 0.280 e. The van der Waals surface area contributed by atoms with Gasteiger partial charge in [-0.2, -0.15) is 5.10 Å². The summed E-state index contributed by atoms with van der Waals surface area (Å²) in [7, 11) is 0. The van der Waals surface area contributed by atoms with E-state index in [9.17, 15) is 18.8 Å². The molecule has 0 spiro atoms. The van der Waals surface area contributed by atoms with Gasteiger partial charge in [0.25, 0.3) is 5.91 Å². The molecule has 0 unspecified atom stereocenters. The fourth-order valence-corrected chi connectivity index (χ4v) is 2.68. The van der Waals surface area contributed by atoms with Crippen LogP contribution in [0.25, 0.3) is 10.9 Å². The highest BCUT2D eigenvalue weighted by atomic mass is 19.1. The molecular formula is C19H17FN4O3. The van der Waals surface area contributed by atoms with Crippen molar-refractivity contribution in [2.75, 3.05) is 10.6 Å². The number of halogens is 1. The summed E-state index contributed by atoms with van der Waals surface area (Å²) in [5.74, 6) is -1.46. The van der Waals surface area contributed by atoms with Gasteiger partial charge in [0, 0.05) is 24.8 Å². The van der Waals surface area contributed by atoms with Gasteiger partial charge in [0.1, 0.15) is 5.82 Å². The van der Waals surface area contributed by atoms with Crippen molar-refractivity contribution < 1.29 is 14.0 Å². The number of anilines is 2. The Morgan fingerprint density at radius 1 is 1.07 bits per heavy atom. The molecule has 0 aliphatic carbocycles. The zero-order chi connectivity index (χ0) is 19.6. The molecule has 2 aromatic carbocycles. The summed E-state index contributed by atoms with van der Waals surface area (Å²) in [6.45, 7) is 3.61. The van der Waals surface area contributed by atoms with Gasteiger partial charge in [0.2, 0.25) is 11.3 Å². The number of aryl methyl sites for hydroxylation is 1. The summed E-state index contributed by atoms with van der Waals surface area (Å²) in [5, 5.41) is 9.41. The molecule has 138 valence electrons. The Bertz CT molecular complexity index is 1090. The second-order valence-electron chi connectivity index (χ2n) is 5.87. The van der Waals surface area contributed by atoms with E-state index in [1.165, 1.54) is 23.7 Å². The maximum atomic E-state index is 13.6. The van der Waals surface area contributed by atoms with Crippen LogP contribution in [0, 0.1) is 5.82 Å². The first-order valence-corrected chi connectivity index (χ1v) is 8.28. The number of hydrogen-bond donors (Lipinski definition) is 2. The minimum atomic E-state index is -0.694. The number of nitrogens with zero attached hydrogens (tertiary/aromatic N) is 2. The molecule has 1 aromatic heterocycles. The van der Waals surface area contributed by atoms with E-state index in [-0.39, 0.29) is 17.0 Å². The van der Waals surface area contributed by atoms with Gasteiger partial charge >= 0.3 is 0 Å². The molecule has 2 amide bonds. The van der Waals surface area contributed by atoms with Crippen LogP contribution in [0.3, 0.4) is 0 Å². The molecule has 0 aliphatic heterocycles. The summed E-state index contributed by atoms with van der Waals surface area (Å²) in [6, 6.07) is 10.2. The number of aromatic nitrogens is 2. The van der Waals surface area contributed by atoms with Crippen molar-refractivity contribution in [3.05, 3.63) is 64.2 Å². The molecule has 3 aromatic rings. The predicted molar refractivity (Wildman–Crippen MR) is 100 cm³/mol. The van der Waals surface area contributed by atoms with E-state index in [2.05, 4.69) is 15.7 Å². The van der Waals surface area contributed by atoms with Crippen molar-refractivity contribution in [1.29, 1.82) is 0 Å². The molecule has 3 rings (SSSR count). The zero-order valence-electron chi connectivity index (χ0n) is 14.7. The molecule has 1 heterocycles. The molecule has 0 atom stereocenters. The van der Waals surface area contributed by atoms with E-state index in [1.54, 1.807) is 24.3 Å². The lowest BCUT2D eigenvalue weighted by atomic mass is 10.2. The highest BCUT2D eigenvalue weighted by molar-refractivity contribution is 6.04. The van der Waals surface area contributed by atoms with Crippen LogP contribution in [0.1, 0.15) is 24.3 Å². The normalized spacial score (nSPS) is 10.6. The van der Waals surface area contributed by atoms with Crippen LogP contribution >= 0.6 is 0 Å². The second-order valence-corrected chi connectivity index (χ2v) is 5.87. The summed E-state index contributed by atoms with van der Waals surface area (Å²) in [4.78, 5) is 36.2. The number of fused-ring (bicyclic) bond motifs is 1. The lowest BCUT2D eigenvalue weighted by Crippen LogP contribution is -2.27. The van der Waals surface area contributed by atoms with Crippen LogP contribution in [0.15, 0.2) is 47.3 Å². The van der Waals surface area contributed by atoms with Gasteiger partial charge in [-0.1, -0.05) is 0 Å². The molecule has 0 saturated carbocycles. The lowest BCUT2D eigenvalue weighted by Gasteiger charge is -2.11. The third-order valence-electron chi connectivity index (χ3n) is 3.89. The minimum Gasteiger partial charge on any atom is -0.326 e. The van der Waals surface area contributed by atoms with E-state index in [0.29, 0.717) is 23.4 Å². The zero-order valence-corrected chi connectivity index (χ0v) is 14.7. The van der Waals surface area contributed by atoms with Gasteiger partial charge in [0.15, 0.2) is 5.69 Å². The van der Waals surface area contributed by atoms with Crippen molar-refractivity contribution in [1.82, 2.24) is 9.78 Å². The van der Waals surface area contributed by atoms with Crippen LogP contribution in [0.4, 0.5) is 15.8 Å². The van der Waals surface area contributed by atoms with Crippen LogP contribution < -0.4 is 16.1 Å². The second kappa shape index (κ2) is 7.36. The molecule has 0 aliphatic rings. The predicted octanol–water partition coefficient (Wildman–Crippen LogP) is 2.77. The first kappa shape index (κ1) is 18.2. The Morgan fingerprint density at radius 2 is 1.70 bits per heavy atom. The Morgan fingerprint density at radius 3 is 2.30 bits per heavy atom. The van der Waals surface area contributed by atoms with Crippen molar-refractivity contribution in [3.63, 3.8) is 0 Å². The molecule has 7 nitrogen and oxygen atoms in total. The standard InChI is InChI=1S/C19H17FN4O3/c1-3-24-16-9-4-12(20)10-15(16)18(26)17(23-24)19(27)22-14-7-5-13(6-8-14)21-11(2)25/h4-10H,3H2,1-2H3,(H,21,25)(H,22,27). The molecule has 0 saturated heterocycles. The number of amides is 2. The van der Waals surface area contributed by atoms with Gasteiger partial charge in [0.05, 0.1) is 10.9 Å². The van der Waals surface area contributed by atoms with Gasteiger partial charge in [-0.25, -0.2) is 4.39 Å². The number of benzene rings is 2. The number of nitrogens with one attached hydrogen (secondary N) is 2. The topological polar surface area (TPSA) is 93.1 Å². The highest BCUT2D eigenvalue weighted by Crippen LogP contribution is 2.15. The maximum absolute atomic E-state index is 13.6. The quantitative estimate of drug-likeness (QED) is 0.741. The average molecular weight is 368 g/mol. The van der Waals surface area contributed by atoms with E-state index >= 15 is 0 Å². The van der Waals surface area contributed by atoms with Crippen molar-refractivity contribution in [2.24, 2.45) is 0 Å². The van der Waals surface area contributed by atoms with Crippen molar-refractivity contribution in [3.8, 4) is 0 Å². The monoisotopic (exact) mass is 368 g/mol. The third kappa shape index (κ3) is 3.84. The van der Waals surface area contributed by atoms with Crippen molar-refractivity contribution in [2.45, 2.75) is 20.4 Å². The fourth-order valence-electron chi connectivity index (χ4n) is 2.68.